The van der Waals surface area contributed by atoms with Crippen molar-refractivity contribution >= 4 is 55.1 Å². The van der Waals surface area contributed by atoms with E-state index >= 15 is 0 Å². The van der Waals surface area contributed by atoms with Crippen LogP contribution in [0, 0.1) is 38.5 Å². The van der Waals surface area contributed by atoms with Crippen molar-refractivity contribution in [3.8, 4) is 0 Å². The van der Waals surface area contributed by atoms with Crippen molar-refractivity contribution in [3.05, 3.63) is 128 Å². The fourth-order valence-electron chi connectivity index (χ4n) is 9.24. The molecule has 0 spiro atoms. The van der Waals surface area contributed by atoms with Crippen molar-refractivity contribution in [3.63, 3.8) is 0 Å². The van der Waals surface area contributed by atoms with Crippen molar-refractivity contribution < 1.29 is 52.8 Å². The molecule has 1 aliphatic rings. The number of hydrogen-bond acceptors (Lipinski definition) is 11. The zero-order valence-electron chi connectivity index (χ0n) is 46.3. The minimum Gasteiger partial charge on any atom is -0.423 e. The third kappa shape index (κ3) is 14.6. The van der Waals surface area contributed by atoms with E-state index in [1.165, 1.54) is 42.4 Å². The monoisotopic (exact) mass is 1000 g/mol. The van der Waals surface area contributed by atoms with E-state index in [4.69, 9.17) is 18.8 Å². The number of carbonyl (C=O) groups excluding carboxylic acids is 5. The van der Waals surface area contributed by atoms with Gasteiger partial charge in [-0.25, -0.2) is 10.0 Å². The van der Waals surface area contributed by atoms with Crippen LogP contribution in [0.15, 0.2) is 72.8 Å². The van der Waals surface area contributed by atoms with Gasteiger partial charge in [0.15, 0.2) is 6.29 Å². The van der Waals surface area contributed by atoms with Gasteiger partial charge in [-0.3, -0.25) is 34.8 Å². The van der Waals surface area contributed by atoms with Crippen LogP contribution in [0.2, 0.25) is 0 Å². The Labute approximate surface area is 433 Å². The Kier molecular flexibility index (Phi) is 19.8. The molecule has 0 bridgehead atoms. The molecule has 4 N–H and O–H groups in total. The van der Waals surface area contributed by atoms with Gasteiger partial charge in [0.1, 0.15) is 6.29 Å². The van der Waals surface area contributed by atoms with E-state index in [-0.39, 0.29) is 51.3 Å². The molecule has 73 heavy (non-hydrogen) atoms. The van der Waals surface area contributed by atoms with Crippen LogP contribution in [0.4, 0.5) is 0 Å². The van der Waals surface area contributed by atoms with Crippen LogP contribution in [0.1, 0.15) is 182 Å². The van der Waals surface area contributed by atoms with E-state index in [0.717, 1.165) is 22.3 Å². The zero-order valence-corrected chi connectivity index (χ0v) is 46.3. The highest BCUT2D eigenvalue weighted by atomic mass is 16.7. The normalized spacial score (nSPS) is 14.9. The number of nitrogens with zero attached hydrogens (tertiary/aromatic N) is 2. The predicted octanol–water partition coefficient (Wildman–Crippen LogP) is 7.91. The van der Waals surface area contributed by atoms with Gasteiger partial charge < -0.3 is 28.8 Å². The molecule has 4 aromatic carbocycles. The minimum absolute atomic E-state index is 0.000782. The molecule has 4 amide bonds. The van der Waals surface area contributed by atoms with Crippen molar-refractivity contribution in [1.29, 1.82) is 0 Å². The average Bonchev–Trinajstić information content (AvgIpc) is 3.51. The molecule has 1 aliphatic heterocycles. The molecule has 0 radical (unpaired) electrons. The summed E-state index contributed by atoms with van der Waals surface area (Å²) in [7, 11) is 0.566. The lowest BCUT2D eigenvalue weighted by molar-refractivity contribution is -0.105. The largest absolute Gasteiger partial charge is 0.495 e. The molecule has 15 nitrogen and oxygen atoms in total. The second kappa shape index (κ2) is 24.1. The molecule has 1 heterocycles. The summed E-state index contributed by atoms with van der Waals surface area (Å²) in [5.41, 5.74) is 10.6. The Morgan fingerprint density at radius 3 is 1.37 bits per heavy atom. The summed E-state index contributed by atoms with van der Waals surface area (Å²) in [6, 6.07) is 19.9. The number of ether oxygens (including phenoxy) is 2. The van der Waals surface area contributed by atoms with Crippen LogP contribution in [-0.2, 0) is 18.8 Å². The number of methoxy groups -OCH3 is 2. The summed E-state index contributed by atoms with van der Waals surface area (Å²) < 4.78 is 23.8. The van der Waals surface area contributed by atoms with E-state index in [0.29, 0.717) is 46.8 Å². The number of benzene rings is 4. The van der Waals surface area contributed by atoms with E-state index in [2.05, 4.69) is 31.6 Å². The van der Waals surface area contributed by atoms with E-state index in [9.17, 15) is 34.0 Å². The number of hydrogen-bond donors (Lipinski definition) is 4. The lowest BCUT2D eigenvalue weighted by atomic mass is 9.75. The highest BCUT2D eigenvalue weighted by molar-refractivity contribution is 6.62. The highest BCUT2D eigenvalue weighted by Crippen LogP contribution is 2.37. The molecule has 0 unspecified atom stereocenters. The number of rotatable bonds is 14. The predicted molar refractivity (Wildman–Crippen MR) is 287 cm³/mol. The highest BCUT2D eigenvalue weighted by Gasteiger charge is 2.52. The Morgan fingerprint density at radius 2 is 1.03 bits per heavy atom. The molecular formula is C56H78B2N4O11. The van der Waals surface area contributed by atoms with Gasteiger partial charge in [0, 0.05) is 47.6 Å². The summed E-state index contributed by atoms with van der Waals surface area (Å²) >= 11 is 0. The first kappa shape index (κ1) is 59.9. The van der Waals surface area contributed by atoms with Gasteiger partial charge in [0.25, 0.3) is 23.6 Å². The maximum Gasteiger partial charge on any atom is 0.495 e. The summed E-state index contributed by atoms with van der Waals surface area (Å²) in [5, 5.41) is 21.6. The van der Waals surface area contributed by atoms with Crippen LogP contribution in [0.5, 0.6) is 0 Å². The number of amides is 4. The topological polar surface area (TPSA) is 193 Å². The zero-order chi connectivity index (χ0) is 55.1. The number of nitrogens with one attached hydrogen (secondary N) is 2. The first-order chi connectivity index (χ1) is 33.8. The fourth-order valence-corrected chi connectivity index (χ4v) is 9.24. The third-order valence-corrected chi connectivity index (χ3v) is 13.5. The maximum atomic E-state index is 13.9. The summed E-state index contributed by atoms with van der Waals surface area (Å²) in [6.07, 6.45) is 0.952. The molecule has 0 aromatic heterocycles. The smallest absolute Gasteiger partial charge is 0.423 e. The fraction of sp³-hybridized carbons (Fsp3) is 0.482. The van der Waals surface area contributed by atoms with Crippen molar-refractivity contribution in [2.45, 2.75) is 153 Å². The lowest BCUT2D eigenvalue weighted by Gasteiger charge is -2.39. The summed E-state index contributed by atoms with van der Waals surface area (Å²) in [5.74, 6) is -1.58. The van der Waals surface area contributed by atoms with Crippen molar-refractivity contribution in [1.82, 2.24) is 20.9 Å². The Balaban J connectivity index is 0.000000327. The van der Waals surface area contributed by atoms with Crippen LogP contribution in [0.25, 0.3) is 0 Å². The SMILES string of the molecule is CC[C@@H](N(NC(=O)c1ccc(B(O)O)c(C=O)c1)C(=O)c1cc(C)cc(C)c1)C(C)(C)C.CC[C@@H](N(NC(=O)c1ccc(B2OC(C)(C)C(C)(C)O2)c(C(OC)OC)c1)C(=O)c1cc(C)cc(C)c1)C(C)(C)C. The Morgan fingerprint density at radius 1 is 0.644 bits per heavy atom. The van der Waals surface area contributed by atoms with Gasteiger partial charge in [-0.1, -0.05) is 102 Å². The molecule has 0 saturated carbocycles. The van der Waals surface area contributed by atoms with Gasteiger partial charge in [-0.05, 0) is 139 Å². The number of carbonyl (C=O) groups is 5. The van der Waals surface area contributed by atoms with E-state index in [1.54, 1.807) is 30.3 Å². The van der Waals surface area contributed by atoms with Gasteiger partial charge >= 0.3 is 14.2 Å². The lowest BCUT2D eigenvalue weighted by Crippen LogP contribution is -2.56. The molecule has 2 atom stereocenters. The average molecular weight is 1000 g/mol. The second-order valence-electron chi connectivity index (χ2n) is 22.1. The molecule has 0 aliphatic carbocycles. The van der Waals surface area contributed by atoms with Gasteiger partial charge in [-0.15, -0.1) is 0 Å². The Hall–Kier alpha value is -5.68. The maximum absolute atomic E-state index is 13.9. The summed E-state index contributed by atoms with van der Waals surface area (Å²) in [4.78, 5) is 65.7. The standard InChI is InChI=1S/C32H47BN2O6.C24H31BN2O5/c1-13-26(30(4,5)6)35(28(37)23-17-20(2)16-21(3)18-23)34-27(36)22-14-15-25(24(19-22)29(38-11)39-12)33-40-31(7,8)32(9,10)41-33;1-7-21(24(4,5)6)27(23(30)18-11-15(2)10-16(3)12-18)26-22(29)17-8-9-20(25(31)32)19(13-17)14-28/h14-19,26,29H,13H2,1-12H3,(H,34,36);8-14,21,31-32H,7H2,1-6H3,(H,26,29)/t26-;21-/m11/s1. The number of aldehydes is 1. The Bertz CT molecular complexity index is 2580. The molecule has 17 heteroatoms. The van der Waals surface area contributed by atoms with Crippen molar-refractivity contribution in [2.24, 2.45) is 10.8 Å². The number of aryl methyl sites for hydroxylation is 4. The molecule has 5 rings (SSSR count). The molecule has 1 saturated heterocycles. The van der Waals surface area contributed by atoms with Gasteiger partial charge in [0.05, 0.1) is 23.3 Å². The second-order valence-corrected chi connectivity index (χ2v) is 22.1. The first-order valence-electron chi connectivity index (χ1n) is 24.8. The first-order valence-corrected chi connectivity index (χ1v) is 24.8. The molecule has 4 aromatic rings. The van der Waals surface area contributed by atoms with E-state index < -0.39 is 43.5 Å². The third-order valence-electron chi connectivity index (χ3n) is 13.5. The minimum atomic E-state index is -1.83. The quantitative estimate of drug-likeness (QED) is 0.0415. The van der Waals surface area contributed by atoms with Gasteiger partial charge in [0.2, 0.25) is 0 Å². The number of hydrazine groups is 2. The van der Waals surface area contributed by atoms with Crippen molar-refractivity contribution in [2.75, 3.05) is 14.2 Å². The van der Waals surface area contributed by atoms with Crippen LogP contribution in [-0.4, -0.2) is 102 Å². The van der Waals surface area contributed by atoms with Gasteiger partial charge in [-0.2, -0.15) is 0 Å². The molecular weight excluding hydrogens is 926 g/mol. The van der Waals surface area contributed by atoms with Crippen LogP contribution < -0.4 is 21.8 Å². The summed E-state index contributed by atoms with van der Waals surface area (Å²) in [6.45, 7) is 31.8. The van der Waals surface area contributed by atoms with Crippen LogP contribution in [0.3, 0.4) is 0 Å². The molecule has 1 fully saturated rings. The van der Waals surface area contributed by atoms with Crippen LogP contribution >= 0.6 is 0 Å². The molecule has 394 valence electrons. The van der Waals surface area contributed by atoms with E-state index in [1.807, 2.05) is 114 Å².